The lowest BCUT2D eigenvalue weighted by atomic mass is 10.1. The van der Waals surface area contributed by atoms with E-state index < -0.39 is 0 Å². The van der Waals surface area contributed by atoms with Crippen molar-refractivity contribution >= 4 is 11.6 Å². The molecule has 0 unspecified atom stereocenters. The van der Waals surface area contributed by atoms with Gasteiger partial charge in [0.15, 0.2) is 0 Å². The summed E-state index contributed by atoms with van der Waals surface area (Å²) >= 11 is 5.58. The number of nitrogens with one attached hydrogen (secondary N) is 1. The van der Waals surface area contributed by atoms with Crippen molar-refractivity contribution in [1.82, 2.24) is 5.32 Å². The predicted molar refractivity (Wildman–Crippen MR) is 58.0 cm³/mol. The van der Waals surface area contributed by atoms with Crippen LogP contribution in [-0.2, 0) is 6.54 Å². The highest BCUT2D eigenvalue weighted by Crippen LogP contribution is 2.15. The predicted octanol–water partition coefficient (Wildman–Crippen LogP) is 3.37. The molecule has 0 aliphatic heterocycles. The van der Waals surface area contributed by atoms with E-state index in [1.807, 2.05) is 6.07 Å². The van der Waals surface area contributed by atoms with Gasteiger partial charge in [0, 0.05) is 12.1 Å². The summed E-state index contributed by atoms with van der Waals surface area (Å²) in [4.78, 5) is 0. The lowest BCUT2D eigenvalue weighted by molar-refractivity contribution is 0.423. The fourth-order valence-electron chi connectivity index (χ4n) is 1.02. The van der Waals surface area contributed by atoms with Gasteiger partial charge < -0.3 is 5.32 Å². The van der Waals surface area contributed by atoms with Crippen LogP contribution in [0.15, 0.2) is 18.2 Å². The highest BCUT2D eigenvalue weighted by molar-refractivity contribution is 6.30. The van der Waals surface area contributed by atoms with Gasteiger partial charge in [0.05, 0.1) is 5.02 Å². The van der Waals surface area contributed by atoms with Gasteiger partial charge in [-0.3, -0.25) is 0 Å². The van der Waals surface area contributed by atoms with Gasteiger partial charge in [-0.15, -0.1) is 0 Å². The van der Waals surface area contributed by atoms with Crippen LogP contribution in [0.1, 0.15) is 26.3 Å². The molecule has 1 N–H and O–H groups in total. The van der Waals surface area contributed by atoms with Crippen molar-refractivity contribution in [1.29, 1.82) is 0 Å². The van der Waals surface area contributed by atoms with E-state index in [2.05, 4.69) is 26.1 Å². The Labute approximate surface area is 89.3 Å². The van der Waals surface area contributed by atoms with Gasteiger partial charge in [0.2, 0.25) is 0 Å². The Morgan fingerprint density at radius 3 is 2.50 bits per heavy atom. The Balaban J connectivity index is 2.65. The molecule has 0 spiro atoms. The second kappa shape index (κ2) is 4.28. The van der Waals surface area contributed by atoms with Crippen LogP contribution in [0.25, 0.3) is 0 Å². The zero-order valence-corrected chi connectivity index (χ0v) is 9.45. The quantitative estimate of drug-likeness (QED) is 0.798. The zero-order chi connectivity index (χ0) is 10.8. The third kappa shape index (κ3) is 3.64. The Hall–Kier alpha value is -0.600. The summed E-state index contributed by atoms with van der Waals surface area (Å²) in [6.07, 6.45) is 0. The van der Waals surface area contributed by atoms with Gasteiger partial charge in [-0.25, -0.2) is 4.39 Å². The van der Waals surface area contributed by atoms with Crippen LogP contribution in [0.2, 0.25) is 5.02 Å². The van der Waals surface area contributed by atoms with Gasteiger partial charge in [-0.05, 0) is 38.5 Å². The maximum absolute atomic E-state index is 13.0. The first kappa shape index (κ1) is 11.5. The van der Waals surface area contributed by atoms with E-state index in [1.54, 1.807) is 6.07 Å². The molecule has 14 heavy (non-hydrogen) atoms. The molecule has 0 atom stereocenters. The molecule has 0 saturated heterocycles. The highest BCUT2D eigenvalue weighted by atomic mass is 35.5. The summed E-state index contributed by atoms with van der Waals surface area (Å²) in [6, 6.07) is 4.86. The van der Waals surface area contributed by atoms with Crippen LogP contribution in [0.3, 0.4) is 0 Å². The van der Waals surface area contributed by atoms with Crippen molar-refractivity contribution < 1.29 is 4.39 Å². The molecule has 0 aliphatic rings. The molecular formula is C11H15ClFN. The average Bonchev–Trinajstić information content (AvgIpc) is 2.06. The lowest BCUT2D eigenvalue weighted by Crippen LogP contribution is -2.35. The van der Waals surface area contributed by atoms with Crippen molar-refractivity contribution in [3.05, 3.63) is 34.6 Å². The molecule has 78 valence electrons. The summed E-state index contributed by atoms with van der Waals surface area (Å²) in [5, 5.41) is 3.45. The molecule has 0 heterocycles. The summed E-state index contributed by atoms with van der Waals surface area (Å²) in [6.45, 7) is 6.86. The normalized spacial score (nSPS) is 11.8. The summed E-state index contributed by atoms with van der Waals surface area (Å²) in [5.41, 5.74) is 0.942. The molecule has 1 aromatic carbocycles. The maximum Gasteiger partial charge on any atom is 0.142 e. The average molecular weight is 216 g/mol. The van der Waals surface area contributed by atoms with Gasteiger partial charge in [-0.2, -0.15) is 0 Å². The number of rotatable bonds is 2. The second-order valence-electron chi connectivity index (χ2n) is 4.35. The van der Waals surface area contributed by atoms with Crippen LogP contribution in [0.4, 0.5) is 4.39 Å². The first-order chi connectivity index (χ1) is 6.38. The Morgan fingerprint density at radius 1 is 1.36 bits per heavy atom. The van der Waals surface area contributed by atoms with E-state index in [1.165, 1.54) is 6.07 Å². The van der Waals surface area contributed by atoms with Gasteiger partial charge in [0.1, 0.15) is 5.82 Å². The molecule has 0 fully saturated rings. The molecule has 0 amide bonds. The van der Waals surface area contributed by atoms with Crippen LogP contribution in [-0.4, -0.2) is 5.54 Å². The number of halogens is 2. The standard InChI is InChI=1S/C11H15ClFN/c1-11(2,3)14-7-8-4-5-9(12)10(13)6-8/h4-6,14H,7H2,1-3H3. The molecule has 3 heteroatoms. The molecule has 1 aromatic rings. The fraction of sp³-hybridized carbons (Fsp3) is 0.455. The Bertz CT molecular complexity index is 318. The van der Waals surface area contributed by atoms with E-state index in [4.69, 9.17) is 11.6 Å². The van der Waals surface area contributed by atoms with Crippen molar-refractivity contribution in [3.8, 4) is 0 Å². The van der Waals surface area contributed by atoms with E-state index in [-0.39, 0.29) is 16.4 Å². The minimum absolute atomic E-state index is 0.0378. The zero-order valence-electron chi connectivity index (χ0n) is 8.70. The molecule has 0 radical (unpaired) electrons. The lowest BCUT2D eigenvalue weighted by Gasteiger charge is -2.20. The molecular weight excluding hydrogens is 201 g/mol. The van der Waals surface area contributed by atoms with Crippen LogP contribution < -0.4 is 5.32 Å². The Kier molecular flexibility index (Phi) is 3.51. The Morgan fingerprint density at radius 2 is 2.00 bits per heavy atom. The van der Waals surface area contributed by atoms with Crippen molar-refractivity contribution in [2.75, 3.05) is 0 Å². The highest BCUT2D eigenvalue weighted by Gasteiger charge is 2.09. The summed E-state index contributed by atoms with van der Waals surface area (Å²) in [5.74, 6) is -0.361. The van der Waals surface area contributed by atoms with E-state index in [0.717, 1.165) is 5.56 Å². The van der Waals surface area contributed by atoms with E-state index in [9.17, 15) is 4.39 Å². The minimum Gasteiger partial charge on any atom is -0.308 e. The molecule has 1 rings (SSSR count). The van der Waals surface area contributed by atoms with E-state index >= 15 is 0 Å². The summed E-state index contributed by atoms with van der Waals surface area (Å²) < 4.78 is 13.0. The third-order valence-electron chi connectivity index (χ3n) is 1.81. The first-order valence-corrected chi connectivity index (χ1v) is 4.95. The van der Waals surface area contributed by atoms with Crippen LogP contribution >= 0.6 is 11.6 Å². The smallest absolute Gasteiger partial charge is 0.142 e. The monoisotopic (exact) mass is 215 g/mol. The second-order valence-corrected chi connectivity index (χ2v) is 4.76. The molecule has 0 aliphatic carbocycles. The first-order valence-electron chi connectivity index (χ1n) is 4.57. The summed E-state index contributed by atoms with van der Waals surface area (Å²) in [7, 11) is 0. The maximum atomic E-state index is 13.0. The number of hydrogen-bond acceptors (Lipinski definition) is 1. The molecule has 0 saturated carbocycles. The largest absolute Gasteiger partial charge is 0.308 e. The van der Waals surface area contributed by atoms with E-state index in [0.29, 0.717) is 6.54 Å². The third-order valence-corrected chi connectivity index (χ3v) is 2.11. The van der Waals surface area contributed by atoms with Gasteiger partial charge >= 0.3 is 0 Å². The van der Waals surface area contributed by atoms with Crippen molar-refractivity contribution in [2.24, 2.45) is 0 Å². The van der Waals surface area contributed by atoms with Crippen LogP contribution in [0.5, 0.6) is 0 Å². The number of hydrogen-bond donors (Lipinski definition) is 1. The van der Waals surface area contributed by atoms with Crippen LogP contribution in [0, 0.1) is 5.82 Å². The topological polar surface area (TPSA) is 12.0 Å². The van der Waals surface area contributed by atoms with Gasteiger partial charge in [0.25, 0.3) is 0 Å². The van der Waals surface area contributed by atoms with Crippen molar-refractivity contribution in [2.45, 2.75) is 32.9 Å². The number of benzene rings is 1. The SMILES string of the molecule is CC(C)(C)NCc1ccc(Cl)c(F)c1. The van der Waals surface area contributed by atoms with Gasteiger partial charge in [-0.1, -0.05) is 17.7 Å². The molecule has 1 nitrogen and oxygen atoms in total. The minimum atomic E-state index is -0.361. The molecule has 0 aromatic heterocycles. The molecule has 0 bridgehead atoms. The fourth-order valence-corrected chi connectivity index (χ4v) is 1.13. The van der Waals surface area contributed by atoms with Crippen molar-refractivity contribution in [3.63, 3.8) is 0 Å².